The Hall–Kier alpha value is -0.650. The number of hydrogen-bond donors (Lipinski definition) is 0. The first-order valence-electron chi connectivity index (χ1n) is 16.6. The van der Waals surface area contributed by atoms with Crippen molar-refractivity contribution in [1.82, 2.24) is 4.90 Å². The number of carbonyl (C=O) groups excluding carboxylic acids is 1. The lowest BCUT2D eigenvalue weighted by atomic mass is 10.1. The van der Waals surface area contributed by atoms with Gasteiger partial charge >= 0.3 is 5.97 Å². The highest BCUT2D eigenvalue weighted by molar-refractivity contribution is 5.69. The predicted octanol–water partition coefficient (Wildman–Crippen LogP) is 8.58. The fourth-order valence-electron chi connectivity index (χ4n) is 5.10. The van der Waals surface area contributed by atoms with Gasteiger partial charge in [0.1, 0.15) is 0 Å². The van der Waals surface area contributed by atoms with E-state index in [1.165, 1.54) is 96.3 Å². The summed E-state index contributed by atoms with van der Waals surface area (Å²) >= 11 is 0. The lowest BCUT2D eigenvalue weighted by molar-refractivity contribution is -0.144. The summed E-state index contributed by atoms with van der Waals surface area (Å²) in [6, 6.07) is 0.298. The highest BCUT2D eigenvalue weighted by Crippen LogP contribution is 2.42. The van der Waals surface area contributed by atoms with Crippen LogP contribution < -0.4 is 0 Å². The monoisotopic (exact) mass is 539 g/mol. The van der Waals surface area contributed by atoms with Gasteiger partial charge in [0.05, 0.1) is 25.9 Å². The first-order chi connectivity index (χ1) is 18.6. The Bertz CT molecular complexity index is 527. The van der Waals surface area contributed by atoms with Crippen molar-refractivity contribution in [2.24, 2.45) is 11.8 Å². The van der Waals surface area contributed by atoms with E-state index in [1.54, 1.807) is 0 Å². The van der Waals surface area contributed by atoms with Crippen molar-refractivity contribution in [2.75, 3.05) is 47.1 Å². The zero-order valence-electron chi connectivity index (χ0n) is 26.0. The van der Waals surface area contributed by atoms with Crippen LogP contribution in [0, 0.1) is 11.8 Å². The minimum absolute atomic E-state index is 0.0163. The third-order valence-electron chi connectivity index (χ3n) is 8.12. The fourth-order valence-corrected chi connectivity index (χ4v) is 5.10. The smallest absolute Gasteiger partial charge is 0.305 e. The number of esters is 1. The summed E-state index contributed by atoms with van der Waals surface area (Å²) in [4.78, 5) is 14.3. The minimum Gasteiger partial charge on any atom is -0.465 e. The molecule has 3 atom stereocenters. The molecule has 0 radical (unpaired) electrons. The Morgan fingerprint density at radius 3 is 1.74 bits per heavy atom. The molecule has 0 saturated heterocycles. The quantitative estimate of drug-likeness (QED) is 0.0703. The zero-order valence-corrected chi connectivity index (χ0v) is 26.0. The molecule has 1 saturated carbocycles. The van der Waals surface area contributed by atoms with Crippen LogP contribution in [0.4, 0.5) is 0 Å². The highest BCUT2D eigenvalue weighted by atomic mass is 16.5. The number of nitrogens with zero attached hydrogens (tertiary/aromatic N) is 1. The van der Waals surface area contributed by atoms with Gasteiger partial charge in [-0.1, -0.05) is 110 Å². The summed E-state index contributed by atoms with van der Waals surface area (Å²) in [6.45, 7) is 8.23. The maximum atomic E-state index is 12.1. The van der Waals surface area contributed by atoms with Gasteiger partial charge < -0.3 is 19.1 Å². The molecule has 5 heteroatoms. The highest BCUT2D eigenvalue weighted by Gasteiger charge is 2.37. The number of hydrogen-bond acceptors (Lipinski definition) is 5. The van der Waals surface area contributed by atoms with Crippen LogP contribution in [0.3, 0.4) is 0 Å². The second-order valence-electron chi connectivity index (χ2n) is 12.0. The SMILES string of the molecule is CCCCCCCCCCOCC(COCCCCCC(=O)OCC1CC1CCCCCCCC)N(C)C. The van der Waals surface area contributed by atoms with Crippen molar-refractivity contribution in [3.8, 4) is 0 Å². The van der Waals surface area contributed by atoms with Crippen LogP contribution in [0.5, 0.6) is 0 Å². The van der Waals surface area contributed by atoms with Crippen LogP contribution >= 0.6 is 0 Å². The summed E-state index contributed by atoms with van der Waals surface area (Å²) in [7, 11) is 4.19. The first-order valence-corrected chi connectivity index (χ1v) is 16.6. The molecule has 1 aliphatic rings. The summed E-state index contributed by atoms with van der Waals surface area (Å²) in [6.07, 6.45) is 24.9. The molecule has 0 amide bonds. The van der Waals surface area contributed by atoms with Crippen molar-refractivity contribution in [2.45, 2.75) is 148 Å². The molecule has 0 N–H and O–H groups in total. The van der Waals surface area contributed by atoms with Gasteiger partial charge in [-0.3, -0.25) is 4.79 Å². The van der Waals surface area contributed by atoms with Gasteiger partial charge in [0.25, 0.3) is 0 Å². The van der Waals surface area contributed by atoms with E-state index in [2.05, 4.69) is 32.8 Å². The normalized spacial score (nSPS) is 17.7. The Morgan fingerprint density at radius 1 is 0.684 bits per heavy atom. The van der Waals surface area contributed by atoms with Gasteiger partial charge in [0.2, 0.25) is 0 Å². The number of likely N-dealkylation sites (N-methyl/N-ethyl adjacent to an activating group) is 1. The topological polar surface area (TPSA) is 48.0 Å². The van der Waals surface area contributed by atoms with Crippen LogP contribution in [-0.2, 0) is 19.0 Å². The summed E-state index contributed by atoms with van der Waals surface area (Å²) in [5.74, 6) is 1.43. The van der Waals surface area contributed by atoms with Gasteiger partial charge in [-0.05, 0) is 51.6 Å². The van der Waals surface area contributed by atoms with Gasteiger partial charge in [-0.15, -0.1) is 0 Å². The van der Waals surface area contributed by atoms with E-state index >= 15 is 0 Å². The fraction of sp³-hybridized carbons (Fsp3) is 0.970. The number of ether oxygens (including phenoxy) is 3. The number of unbranched alkanes of at least 4 members (excludes halogenated alkanes) is 14. The van der Waals surface area contributed by atoms with Crippen LogP contribution in [-0.4, -0.2) is 64.0 Å². The summed E-state index contributed by atoms with van der Waals surface area (Å²) in [5, 5.41) is 0. The van der Waals surface area contributed by atoms with Gasteiger partial charge in [0.15, 0.2) is 0 Å². The number of carbonyl (C=O) groups is 1. The van der Waals surface area contributed by atoms with Gasteiger partial charge in [-0.2, -0.15) is 0 Å². The maximum Gasteiger partial charge on any atom is 0.305 e. The molecule has 0 heterocycles. The van der Waals surface area contributed by atoms with Gasteiger partial charge in [-0.25, -0.2) is 0 Å². The second-order valence-corrected chi connectivity index (χ2v) is 12.0. The molecule has 0 aromatic heterocycles. The van der Waals surface area contributed by atoms with E-state index in [0.717, 1.165) is 51.4 Å². The van der Waals surface area contributed by atoms with Crippen LogP contribution in [0.1, 0.15) is 142 Å². The maximum absolute atomic E-state index is 12.1. The molecule has 0 aromatic carbocycles. The van der Waals surface area contributed by atoms with Crippen molar-refractivity contribution in [1.29, 1.82) is 0 Å². The van der Waals surface area contributed by atoms with E-state index in [1.807, 2.05) is 0 Å². The molecule has 226 valence electrons. The second kappa shape index (κ2) is 25.3. The van der Waals surface area contributed by atoms with Crippen molar-refractivity contribution >= 4 is 5.97 Å². The van der Waals surface area contributed by atoms with Crippen molar-refractivity contribution < 1.29 is 19.0 Å². The lowest BCUT2D eigenvalue weighted by Crippen LogP contribution is -2.37. The number of rotatable bonds is 29. The average Bonchev–Trinajstić information content (AvgIpc) is 3.66. The Balaban J connectivity index is 1.89. The summed E-state index contributed by atoms with van der Waals surface area (Å²) in [5.41, 5.74) is 0. The molecular weight excluding hydrogens is 474 g/mol. The Morgan fingerprint density at radius 2 is 1.18 bits per heavy atom. The largest absolute Gasteiger partial charge is 0.465 e. The minimum atomic E-state index is -0.0163. The van der Waals surface area contributed by atoms with Crippen molar-refractivity contribution in [3.63, 3.8) is 0 Å². The molecule has 5 nitrogen and oxygen atoms in total. The molecular formula is C33H65NO4. The molecule has 0 aliphatic heterocycles. The van der Waals surface area contributed by atoms with E-state index < -0.39 is 0 Å². The molecule has 0 aromatic rings. The van der Waals surface area contributed by atoms with E-state index in [9.17, 15) is 4.79 Å². The molecule has 3 unspecified atom stereocenters. The molecule has 1 aliphatic carbocycles. The molecule has 0 bridgehead atoms. The van der Waals surface area contributed by atoms with Gasteiger partial charge in [0, 0.05) is 19.6 Å². The third-order valence-corrected chi connectivity index (χ3v) is 8.12. The Kier molecular flexibility index (Phi) is 23.6. The van der Waals surface area contributed by atoms with Crippen LogP contribution in [0.15, 0.2) is 0 Å². The predicted molar refractivity (Wildman–Crippen MR) is 161 cm³/mol. The van der Waals surface area contributed by atoms with Crippen molar-refractivity contribution in [3.05, 3.63) is 0 Å². The molecule has 1 fully saturated rings. The van der Waals surface area contributed by atoms with E-state index in [4.69, 9.17) is 14.2 Å². The van der Waals surface area contributed by atoms with Crippen LogP contribution in [0.2, 0.25) is 0 Å². The van der Waals surface area contributed by atoms with Crippen LogP contribution in [0.25, 0.3) is 0 Å². The third kappa shape index (κ3) is 21.2. The average molecular weight is 540 g/mol. The Labute approximate surface area is 237 Å². The molecule has 38 heavy (non-hydrogen) atoms. The first kappa shape index (κ1) is 35.4. The van der Waals surface area contributed by atoms with E-state index in [-0.39, 0.29) is 5.97 Å². The zero-order chi connectivity index (χ0) is 27.7. The molecule has 1 rings (SSSR count). The standard InChI is InChI=1S/C33H65NO4/c1-5-7-9-11-13-14-16-20-24-36-28-32(34(3)4)29-37-25-21-17-19-23-33(35)38-27-31-26-30(31)22-18-15-12-10-8-6-2/h30-32H,5-29H2,1-4H3. The van der Waals surface area contributed by atoms with E-state index in [0.29, 0.717) is 31.6 Å². The molecule has 0 spiro atoms. The lowest BCUT2D eigenvalue weighted by Gasteiger charge is -2.24. The summed E-state index contributed by atoms with van der Waals surface area (Å²) < 4.78 is 17.4.